The molecule has 20 heavy (non-hydrogen) atoms. The lowest BCUT2D eigenvalue weighted by Gasteiger charge is -2.14. The number of nitrogens with zero attached hydrogens (tertiary/aromatic N) is 1. The van der Waals surface area contributed by atoms with Gasteiger partial charge in [0.2, 0.25) is 0 Å². The molecule has 110 valence electrons. The van der Waals surface area contributed by atoms with Gasteiger partial charge in [-0.15, -0.1) is 12.4 Å². The van der Waals surface area contributed by atoms with Crippen LogP contribution in [0, 0.1) is 0 Å². The second-order valence-corrected chi connectivity index (χ2v) is 4.61. The lowest BCUT2D eigenvalue weighted by atomic mass is 10.0. The molecule has 3 rings (SSSR count). The van der Waals surface area contributed by atoms with Crippen molar-refractivity contribution in [1.82, 2.24) is 20.3 Å². The van der Waals surface area contributed by atoms with Gasteiger partial charge in [-0.3, -0.25) is 4.79 Å². The van der Waals surface area contributed by atoms with E-state index in [0.29, 0.717) is 16.6 Å². The van der Waals surface area contributed by atoms with Gasteiger partial charge in [0.1, 0.15) is 17.1 Å². The van der Waals surface area contributed by atoms with Crippen molar-refractivity contribution in [2.75, 3.05) is 6.61 Å². The zero-order valence-corrected chi connectivity index (χ0v) is 11.1. The minimum absolute atomic E-state index is 0. The van der Waals surface area contributed by atoms with Gasteiger partial charge in [0.05, 0.1) is 31.1 Å². The summed E-state index contributed by atoms with van der Waals surface area (Å²) in [5, 5.41) is 31.8. The van der Waals surface area contributed by atoms with Crippen molar-refractivity contribution in [3.8, 4) is 0 Å². The zero-order valence-electron chi connectivity index (χ0n) is 10.3. The van der Waals surface area contributed by atoms with E-state index in [-0.39, 0.29) is 24.6 Å². The van der Waals surface area contributed by atoms with E-state index in [2.05, 4.69) is 20.3 Å². The van der Waals surface area contributed by atoms with E-state index in [1.165, 1.54) is 6.33 Å². The quantitative estimate of drug-likeness (QED) is 0.396. The minimum Gasteiger partial charge on any atom is -0.395 e. The Kier molecular flexibility index (Phi) is 4.11. The highest BCUT2D eigenvalue weighted by atomic mass is 35.5. The maximum absolute atomic E-state index is 11.6. The molecule has 9 heteroatoms. The summed E-state index contributed by atoms with van der Waals surface area (Å²) >= 11 is 0. The van der Waals surface area contributed by atoms with Crippen molar-refractivity contribution >= 4 is 23.4 Å². The van der Waals surface area contributed by atoms with Crippen LogP contribution in [0.25, 0.3) is 11.0 Å². The maximum Gasteiger partial charge on any atom is 0.275 e. The number of H-pyrrole nitrogens is 2. The second-order valence-electron chi connectivity index (χ2n) is 4.61. The third-order valence-electron chi connectivity index (χ3n) is 3.53. The van der Waals surface area contributed by atoms with Gasteiger partial charge >= 0.3 is 0 Å². The van der Waals surface area contributed by atoms with Crippen molar-refractivity contribution < 1.29 is 15.3 Å². The van der Waals surface area contributed by atoms with Gasteiger partial charge in [0.15, 0.2) is 0 Å². The molecule has 1 aliphatic rings. The summed E-state index contributed by atoms with van der Waals surface area (Å²) in [4.78, 5) is 20.9. The lowest BCUT2D eigenvalue weighted by molar-refractivity contribution is 0.0196. The first-order chi connectivity index (χ1) is 9.13. The van der Waals surface area contributed by atoms with Crippen molar-refractivity contribution in [3.05, 3.63) is 28.4 Å². The van der Waals surface area contributed by atoms with Gasteiger partial charge in [-0.25, -0.2) is 4.98 Å². The molecular formula is C11H15ClN4O4. The molecule has 0 radical (unpaired) electrons. The summed E-state index contributed by atoms with van der Waals surface area (Å²) in [5.74, 6) is 0. The number of aliphatic hydroxyl groups excluding tert-OH is 3. The Morgan fingerprint density at radius 2 is 2.00 bits per heavy atom. The third-order valence-corrected chi connectivity index (χ3v) is 3.53. The fraction of sp³-hybridized carbons (Fsp3) is 0.455. The van der Waals surface area contributed by atoms with E-state index < -0.39 is 24.3 Å². The molecule has 0 aliphatic carbocycles. The van der Waals surface area contributed by atoms with E-state index >= 15 is 0 Å². The number of nitrogens with one attached hydrogen (secondary N) is 3. The molecule has 0 unspecified atom stereocenters. The Morgan fingerprint density at radius 3 is 2.65 bits per heavy atom. The molecule has 0 aromatic carbocycles. The number of rotatable bonds is 2. The fourth-order valence-electron chi connectivity index (χ4n) is 2.51. The molecule has 8 nitrogen and oxygen atoms in total. The molecule has 0 bridgehead atoms. The Hall–Kier alpha value is -1.45. The summed E-state index contributed by atoms with van der Waals surface area (Å²) in [6.45, 7) is -0.287. The zero-order chi connectivity index (χ0) is 13.6. The molecule has 1 aliphatic heterocycles. The van der Waals surface area contributed by atoms with Crippen LogP contribution in [0.5, 0.6) is 0 Å². The van der Waals surface area contributed by atoms with E-state index in [9.17, 15) is 15.0 Å². The summed E-state index contributed by atoms with van der Waals surface area (Å²) in [6.07, 6.45) is 0.711. The molecule has 0 amide bonds. The Labute approximate surface area is 119 Å². The highest BCUT2D eigenvalue weighted by Gasteiger charge is 2.42. The maximum atomic E-state index is 11.6. The summed E-state index contributed by atoms with van der Waals surface area (Å²) in [7, 11) is 0. The first kappa shape index (κ1) is 14.9. The average molecular weight is 303 g/mol. The van der Waals surface area contributed by atoms with Gasteiger partial charge in [-0.2, -0.15) is 0 Å². The standard InChI is InChI=1S/C11H14N4O4.ClH/c16-2-5-9(17)10(18)7(15-5)4-1-12-8-6(4)13-3-14-11(8)19;/h1,3,5,7,9-10,12,15-18H,2H2,(H,13,14,19);1H/t5-,7+,9-,10-;/m1./s1. The topological polar surface area (TPSA) is 134 Å². The molecular weight excluding hydrogens is 288 g/mol. The van der Waals surface area contributed by atoms with Crippen LogP contribution in [-0.2, 0) is 0 Å². The number of aromatic nitrogens is 3. The fourth-order valence-corrected chi connectivity index (χ4v) is 2.51. The van der Waals surface area contributed by atoms with Crippen LogP contribution in [0.1, 0.15) is 11.6 Å². The van der Waals surface area contributed by atoms with Crippen LogP contribution in [0.4, 0.5) is 0 Å². The molecule has 0 saturated carbocycles. The van der Waals surface area contributed by atoms with Crippen LogP contribution in [0.15, 0.2) is 17.3 Å². The van der Waals surface area contributed by atoms with Crippen LogP contribution in [0.3, 0.4) is 0 Å². The third kappa shape index (κ3) is 2.11. The Morgan fingerprint density at radius 1 is 1.25 bits per heavy atom. The summed E-state index contributed by atoms with van der Waals surface area (Å²) in [6, 6.07) is -1.19. The molecule has 1 fully saturated rings. The molecule has 4 atom stereocenters. The SMILES string of the molecule is Cl.O=c1[nH]cnc2c([C@@H]3N[C@H](CO)[C@@H](O)[C@@H]3O)c[nH]c12. The minimum atomic E-state index is -1.07. The molecule has 2 aromatic rings. The van der Waals surface area contributed by atoms with E-state index in [4.69, 9.17) is 5.11 Å². The molecule has 2 aromatic heterocycles. The van der Waals surface area contributed by atoms with Crippen molar-refractivity contribution in [2.45, 2.75) is 24.3 Å². The van der Waals surface area contributed by atoms with Gasteiger partial charge in [-0.1, -0.05) is 0 Å². The normalized spacial score (nSPS) is 29.6. The predicted molar refractivity (Wildman–Crippen MR) is 72.7 cm³/mol. The van der Waals surface area contributed by atoms with E-state index in [1.54, 1.807) is 6.20 Å². The largest absolute Gasteiger partial charge is 0.395 e. The van der Waals surface area contributed by atoms with Crippen molar-refractivity contribution in [1.29, 1.82) is 0 Å². The highest BCUT2D eigenvalue weighted by Crippen LogP contribution is 2.30. The Bertz CT molecular complexity index is 657. The first-order valence-electron chi connectivity index (χ1n) is 5.91. The number of hydrogen-bond acceptors (Lipinski definition) is 6. The van der Waals surface area contributed by atoms with Crippen LogP contribution in [0.2, 0.25) is 0 Å². The monoisotopic (exact) mass is 302 g/mol. The second kappa shape index (κ2) is 5.51. The average Bonchev–Trinajstić information content (AvgIpc) is 2.94. The number of aromatic amines is 2. The predicted octanol–water partition coefficient (Wildman–Crippen LogP) is -1.60. The first-order valence-corrected chi connectivity index (χ1v) is 5.91. The van der Waals surface area contributed by atoms with Gasteiger partial charge in [-0.05, 0) is 0 Å². The number of hydrogen-bond donors (Lipinski definition) is 6. The summed E-state index contributed by atoms with van der Waals surface area (Å²) < 4.78 is 0. The van der Waals surface area contributed by atoms with E-state index in [1.807, 2.05) is 0 Å². The van der Waals surface area contributed by atoms with Gasteiger partial charge in [0, 0.05) is 11.8 Å². The van der Waals surface area contributed by atoms with Crippen LogP contribution in [-0.4, -0.2) is 55.1 Å². The summed E-state index contributed by atoms with van der Waals surface area (Å²) in [5.41, 5.74) is 1.03. The Balaban J connectivity index is 0.00000147. The smallest absolute Gasteiger partial charge is 0.275 e. The van der Waals surface area contributed by atoms with Crippen molar-refractivity contribution in [3.63, 3.8) is 0 Å². The molecule has 0 spiro atoms. The van der Waals surface area contributed by atoms with Crippen LogP contribution < -0.4 is 10.9 Å². The lowest BCUT2D eigenvalue weighted by Crippen LogP contribution is -2.35. The van der Waals surface area contributed by atoms with Gasteiger partial charge < -0.3 is 30.6 Å². The number of halogens is 1. The molecule has 1 saturated heterocycles. The molecule has 3 heterocycles. The van der Waals surface area contributed by atoms with Crippen LogP contribution >= 0.6 is 12.4 Å². The van der Waals surface area contributed by atoms with E-state index in [0.717, 1.165) is 0 Å². The highest BCUT2D eigenvalue weighted by molar-refractivity contribution is 5.85. The van der Waals surface area contributed by atoms with Gasteiger partial charge in [0.25, 0.3) is 5.56 Å². The van der Waals surface area contributed by atoms with Crippen molar-refractivity contribution in [2.24, 2.45) is 0 Å². The number of aliphatic hydroxyl groups is 3. The molecule has 6 N–H and O–H groups in total. The number of fused-ring (bicyclic) bond motifs is 1.